The topological polar surface area (TPSA) is 64.1 Å². The van der Waals surface area contributed by atoms with E-state index in [0.717, 1.165) is 0 Å². The largest absolute Gasteiger partial charge is 0.467 e. The smallest absolute Gasteiger partial charge is 0.397 e. The van der Waals surface area contributed by atoms with Gasteiger partial charge in [0.25, 0.3) is 0 Å². The fourth-order valence-corrected chi connectivity index (χ4v) is 1.32. The van der Waals surface area contributed by atoms with Gasteiger partial charge < -0.3 is 10.1 Å². The van der Waals surface area contributed by atoms with E-state index in [4.69, 9.17) is 4.74 Å². The Kier molecular flexibility index (Phi) is 4.10. The lowest BCUT2D eigenvalue weighted by Gasteiger charge is -2.12. The summed E-state index contributed by atoms with van der Waals surface area (Å²) < 4.78 is 40.9. The molecule has 1 N–H and O–H groups in total. The van der Waals surface area contributed by atoms with Crippen LogP contribution in [0.1, 0.15) is 17.8 Å². The van der Waals surface area contributed by atoms with Gasteiger partial charge in [-0.15, -0.1) is 0 Å². The Morgan fingerprint density at radius 2 is 1.78 bits per heavy atom. The number of hydrogen-bond acceptors (Lipinski definition) is 4. The number of anilines is 1. The SMILES string of the molecule is COc1nc(C)c(NC(=O)CC(F)(F)F)c(C)n1. The van der Waals surface area contributed by atoms with Crippen LogP contribution in [0.4, 0.5) is 18.9 Å². The highest BCUT2D eigenvalue weighted by Gasteiger charge is 2.31. The molecule has 0 unspecified atom stereocenters. The number of carbonyl (C=O) groups excluding carboxylic acids is 1. The summed E-state index contributed by atoms with van der Waals surface area (Å²) in [7, 11) is 1.37. The molecule has 0 aliphatic heterocycles. The van der Waals surface area contributed by atoms with Gasteiger partial charge in [-0.05, 0) is 13.8 Å². The molecule has 1 rings (SSSR count). The Morgan fingerprint density at radius 1 is 1.28 bits per heavy atom. The Morgan fingerprint density at radius 3 is 2.17 bits per heavy atom. The summed E-state index contributed by atoms with van der Waals surface area (Å²) in [5.74, 6) is -1.15. The number of aromatic nitrogens is 2. The van der Waals surface area contributed by atoms with Crippen LogP contribution in [0.3, 0.4) is 0 Å². The molecule has 18 heavy (non-hydrogen) atoms. The number of rotatable bonds is 3. The summed E-state index contributed by atoms with van der Waals surface area (Å²) in [5, 5.41) is 2.15. The second-order valence-electron chi connectivity index (χ2n) is 3.60. The van der Waals surface area contributed by atoms with Crippen LogP contribution >= 0.6 is 0 Å². The molecule has 0 radical (unpaired) electrons. The lowest BCUT2D eigenvalue weighted by atomic mass is 10.2. The van der Waals surface area contributed by atoms with Gasteiger partial charge in [0.15, 0.2) is 0 Å². The molecule has 0 saturated carbocycles. The van der Waals surface area contributed by atoms with Gasteiger partial charge in [0.1, 0.15) is 6.42 Å². The maximum atomic E-state index is 12.0. The zero-order chi connectivity index (χ0) is 13.9. The van der Waals surface area contributed by atoms with E-state index < -0.39 is 18.5 Å². The zero-order valence-corrected chi connectivity index (χ0v) is 10.1. The molecular formula is C10H12F3N3O2. The Hall–Kier alpha value is -1.86. The van der Waals surface area contributed by atoms with E-state index in [9.17, 15) is 18.0 Å². The maximum absolute atomic E-state index is 12.0. The zero-order valence-electron chi connectivity index (χ0n) is 10.1. The third-order valence-electron chi connectivity index (χ3n) is 2.06. The van der Waals surface area contributed by atoms with Crippen LogP contribution in [0.15, 0.2) is 0 Å². The van der Waals surface area contributed by atoms with Crippen molar-refractivity contribution in [2.75, 3.05) is 12.4 Å². The molecule has 1 aromatic rings. The molecule has 1 amide bonds. The highest BCUT2D eigenvalue weighted by atomic mass is 19.4. The average Bonchev–Trinajstić information content (AvgIpc) is 2.20. The van der Waals surface area contributed by atoms with Gasteiger partial charge in [-0.3, -0.25) is 4.79 Å². The van der Waals surface area contributed by atoms with Crippen LogP contribution in [-0.2, 0) is 4.79 Å². The molecule has 0 fully saturated rings. The average molecular weight is 263 g/mol. The molecule has 0 spiro atoms. The minimum absolute atomic E-state index is 0.0961. The Balaban J connectivity index is 2.88. The van der Waals surface area contributed by atoms with Gasteiger partial charge in [0.2, 0.25) is 5.91 Å². The summed E-state index contributed by atoms with van der Waals surface area (Å²) in [6.45, 7) is 3.08. The van der Waals surface area contributed by atoms with Crippen molar-refractivity contribution < 1.29 is 22.7 Å². The summed E-state index contributed by atoms with van der Waals surface area (Å²) in [5.41, 5.74) is 0.856. The van der Waals surface area contributed by atoms with E-state index in [1.54, 1.807) is 13.8 Å². The van der Waals surface area contributed by atoms with Gasteiger partial charge in [-0.25, -0.2) is 0 Å². The third-order valence-corrected chi connectivity index (χ3v) is 2.06. The normalized spacial score (nSPS) is 11.2. The van der Waals surface area contributed by atoms with Crippen molar-refractivity contribution in [3.63, 3.8) is 0 Å². The number of methoxy groups -OCH3 is 1. The Labute approximate surface area is 101 Å². The van der Waals surface area contributed by atoms with Crippen molar-refractivity contribution in [3.05, 3.63) is 11.4 Å². The van der Waals surface area contributed by atoms with Gasteiger partial charge in [0, 0.05) is 0 Å². The molecule has 8 heteroatoms. The lowest BCUT2D eigenvalue weighted by molar-refractivity contribution is -0.150. The minimum atomic E-state index is -4.54. The lowest BCUT2D eigenvalue weighted by Crippen LogP contribution is -2.22. The molecule has 0 aliphatic rings. The summed E-state index contributed by atoms with van der Waals surface area (Å²) in [6, 6.07) is 0.0961. The van der Waals surface area contributed by atoms with Crippen LogP contribution < -0.4 is 10.1 Å². The van der Waals surface area contributed by atoms with Crippen LogP contribution in [0.5, 0.6) is 6.01 Å². The van der Waals surface area contributed by atoms with Crippen molar-refractivity contribution in [2.45, 2.75) is 26.4 Å². The van der Waals surface area contributed by atoms with Crippen molar-refractivity contribution in [1.29, 1.82) is 0 Å². The van der Waals surface area contributed by atoms with E-state index in [2.05, 4.69) is 15.3 Å². The summed E-state index contributed by atoms with van der Waals surface area (Å²) in [4.78, 5) is 18.9. The fourth-order valence-electron chi connectivity index (χ4n) is 1.32. The van der Waals surface area contributed by atoms with Crippen molar-refractivity contribution in [3.8, 4) is 6.01 Å². The van der Waals surface area contributed by atoms with Gasteiger partial charge in [-0.2, -0.15) is 23.1 Å². The van der Waals surface area contributed by atoms with E-state index in [0.29, 0.717) is 11.4 Å². The van der Waals surface area contributed by atoms with Crippen LogP contribution in [0.25, 0.3) is 0 Å². The predicted octanol–water partition coefficient (Wildman–Crippen LogP) is 1.99. The molecule has 0 aromatic carbocycles. The number of ether oxygens (including phenoxy) is 1. The molecular weight excluding hydrogens is 251 g/mol. The summed E-state index contributed by atoms with van der Waals surface area (Å²) >= 11 is 0. The molecule has 0 aliphatic carbocycles. The van der Waals surface area contributed by atoms with Crippen LogP contribution in [0, 0.1) is 13.8 Å². The molecule has 1 aromatic heterocycles. The number of carbonyl (C=O) groups is 1. The monoisotopic (exact) mass is 263 g/mol. The first-order valence-electron chi connectivity index (χ1n) is 4.98. The van der Waals surface area contributed by atoms with E-state index >= 15 is 0 Å². The molecule has 0 saturated heterocycles. The number of nitrogens with one attached hydrogen (secondary N) is 1. The van der Waals surface area contributed by atoms with E-state index in [-0.39, 0.29) is 11.7 Å². The number of hydrogen-bond donors (Lipinski definition) is 1. The molecule has 0 bridgehead atoms. The number of nitrogens with zero attached hydrogens (tertiary/aromatic N) is 2. The molecule has 1 heterocycles. The van der Waals surface area contributed by atoms with E-state index in [1.807, 2.05) is 0 Å². The quantitative estimate of drug-likeness (QED) is 0.905. The maximum Gasteiger partial charge on any atom is 0.397 e. The van der Waals surface area contributed by atoms with Gasteiger partial charge in [0.05, 0.1) is 24.2 Å². The highest BCUT2D eigenvalue weighted by molar-refractivity contribution is 5.92. The fraction of sp³-hybridized carbons (Fsp3) is 0.500. The summed E-state index contributed by atoms with van der Waals surface area (Å²) in [6.07, 6.45) is -6.09. The first kappa shape index (κ1) is 14.2. The van der Waals surface area contributed by atoms with Crippen molar-refractivity contribution in [1.82, 2.24) is 9.97 Å². The van der Waals surface area contributed by atoms with E-state index in [1.165, 1.54) is 7.11 Å². The van der Waals surface area contributed by atoms with Crippen LogP contribution in [0.2, 0.25) is 0 Å². The third kappa shape index (κ3) is 3.86. The number of aryl methyl sites for hydroxylation is 2. The molecule has 100 valence electrons. The van der Waals surface area contributed by atoms with Crippen molar-refractivity contribution in [2.24, 2.45) is 0 Å². The second kappa shape index (κ2) is 5.19. The second-order valence-corrected chi connectivity index (χ2v) is 3.60. The molecule has 5 nitrogen and oxygen atoms in total. The number of alkyl halides is 3. The standard InChI is InChI=1S/C10H12F3N3O2/c1-5-8(6(2)15-9(14-5)18-3)16-7(17)4-10(11,12)13/h4H2,1-3H3,(H,16,17). The number of halogens is 3. The van der Waals surface area contributed by atoms with Gasteiger partial charge >= 0.3 is 12.2 Å². The first-order valence-corrected chi connectivity index (χ1v) is 4.98. The van der Waals surface area contributed by atoms with Crippen molar-refractivity contribution >= 4 is 11.6 Å². The number of amides is 1. The highest BCUT2D eigenvalue weighted by Crippen LogP contribution is 2.23. The Bertz CT molecular complexity index is 437. The molecule has 0 atom stereocenters. The predicted molar refractivity (Wildman–Crippen MR) is 57.4 cm³/mol. The van der Waals surface area contributed by atoms with Gasteiger partial charge in [-0.1, -0.05) is 0 Å². The first-order chi connectivity index (χ1) is 8.23. The minimum Gasteiger partial charge on any atom is -0.467 e. The van der Waals surface area contributed by atoms with Crippen LogP contribution in [-0.4, -0.2) is 29.2 Å².